The SMILES string of the molecule is CCOC(=O)NC(=O)COC(=O)c1cccc(N2CCCS2(=O)=O)c1. The molecule has 0 atom stereocenters. The lowest BCUT2D eigenvalue weighted by atomic mass is 10.2. The highest BCUT2D eigenvalue weighted by Crippen LogP contribution is 2.24. The van der Waals surface area contributed by atoms with Crippen LogP contribution in [0.2, 0.25) is 0 Å². The van der Waals surface area contributed by atoms with E-state index in [0.717, 1.165) is 0 Å². The van der Waals surface area contributed by atoms with Gasteiger partial charge in [-0.3, -0.25) is 14.4 Å². The van der Waals surface area contributed by atoms with Crippen molar-refractivity contribution in [2.24, 2.45) is 0 Å². The largest absolute Gasteiger partial charge is 0.452 e. The van der Waals surface area contributed by atoms with Crippen LogP contribution in [-0.2, 0) is 24.3 Å². The van der Waals surface area contributed by atoms with Crippen molar-refractivity contribution in [3.8, 4) is 0 Å². The van der Waals surface area contributed by atoms with E-state index in [4.69, 9.17) is 4.74 Å². The molecule has 2 rings (SSSR count). The van der Waals surface area contributed by atoms with Crippen molar-refractivity contribution in [3.05, 3.63) is 29.8 Å². The molecule has 1 fully saturated rings. The molecule has 1 aromatic carbocycles. The summed E-state index contributed by atoms with van der Waals surface area (Å²) in [6.45, 7) is 1.37. The van der Waals surface area contributed by atoms with Crippen LogP contribution >= 0.6 is 0 Å². The lowest BCUT2D eigenvalue weighted by molar-refractivity contribution is -0.123. The number of nitrogens with one attached hydrogen (secondary N) is 1. The fraction of sp³-hybridized carbons (Fsp3) is 0.400. The minimum atomic E-state index is -3.36. The third-order valence-corrected chi connectivity index (χ3v) is 5.19. The standard InChI is InChI=1S/C15H18N2O7S/c1-2-23-15(20)16-13(18)10-24-14(19)11-5-3-6-12(9-11)17-7-4-8-25(17,21)22/h3,5-6,9H,2,4,7-8,10H2,1H3,(H,16,18,20). The van der Waals surface area contributed by atoms with Crippen molar-refractivity contribution in [1.29, 1.82) is 0 Å². The molecule has 136 valence electrons. The normalized spacial score (nSPS) is 15.5. The van der Waals surface area contributed by atoms with E-state index < -0.39 is 34.6 Å². The smallest absolute Gasteiger partial charge is 0.413 e. The lowest BCUT2D eigenvalue weighted by Gasteiger charge is -2.17. The predicted molar refractivity (Wildman–Crippen MR) is 87.6 cm³/mol. The summed E-state index contributed by atoms with van der Waals surface area (Å²) in [5, 5.41) is 1.89. The molecule has 0 bridgehead atoms. The molecule has 1 aliphatic rings. The Kier molecular flexibility index (Phi) is 5.97. The van der Waals surface area contributed by atoms with Gasteiger partial charge in [-0.25, -0.2) is 18.0 Å². The number of ether oxygens (including phenoxy) is 2. The molecule has 0 unspecified atom stereocenters. The molecule has 1 N–H and O–H groups in total. The van der Waals surface area contributed by atoms with Gasteiger partial charge in [-0.2, -0.15) is 0 Å². The number of alkyl carbamates (subject to hydrolysis) is 1. The Bertz CT molecular complexity index is 776. The number of carbonyl (C=O) groups is 3. The van der Waals surface area contributed by atoms with Crippen molar-refractivity contribution in [2.45, 2.75) is 13.3 Å². The van der Waals surface area contributed by atoms with E-state index in [0.29, 0.717) is 18.7 Å². The van der Waals surface area contributed by atoms with E-state index in [-0.39, 0.29) is 17.9 Å². The Morgan fingerprint density at radius 2 is 2.00 bits per heavy atom. The van der Waals surface area contributed by atoms with Gasteiger partial charge in [0.2, 0.25) is 10.0 Å². The van der Waals surface area contributed by atoms with Crippen LogP contribution in [0.5, 0.6) is 0 Å². The number of hydrogen-bond donors (Lipinski definition) is 1. The van der Waals surface area contributed by atoms with Gasteiger partial charge in [-0.05, 0) is 31.5 Å². The molecule has 1 saturated heterocycles. The number of benzene rings is 1. The lowest BCUT2D eigenvalue weighted by Crippen LogP contribution is -2.34. The second-order valence-corrected chi connectivity index (χ2v) is 7.15. The monoisotopic (exact) mass is 370 g/mol. The molecule has 2 amide bonds. The van der Waals surface area contributed by atoms with Crippen LogP contribution in [0.3, 0.4) is 0 Å². The molecule has 1 aliphatic heterocycles. The number of carbonyl (C=O) groups excluding carboxylic acids is 3. The molecule has 1 aromatic rings. The van der Waals surface area contributed by atoms with Crippen LogP contribution in [0.1, 0.15) is 23.7 Å². The maximum atomic E-state index is 12.0. The van der Waals surface area contributed by atoms with Gasteiger partial charge in [0.1, 0.15) is 0 Å². The molecule has 0 aliphatic carbocycles. The molecule has 9 nitrogen and oxygen atoms in total. The first kappa shape index (κ1) is 18.7. The van der Waals surface area contributed by atoms with Crippen molar-refractivity contribution in [3.63, 3.8) is 0 Å². The molecule has 10 heteroatoms. The number of esters is 1. The van der Waals surface area contributed by atoms with E-state index in [2.05, 4.69) is 4.74 Å². The number of sulfonamides is 1. The minimum absolute atomic E-state index is 0.0652. The van der Waals surface area contributed by atoms with Gasteiger partial charge >= 0.3 is 12.1 Å². The van der Waals surface area contributed by atoms with Gasteiger partial charge in [-0.15, -0.1) is 0 Å². The van der Waals surface area contributed by atoms with Crippen LogP contribution in [-0.4, -0.2) is 51.9 Å². The van der Waals surface area contributed by atoms with E-state index in [9.17, 15) is 22.8 Å². The molecule has 25 heavy (non-hydrogen) atoms. The zero-order valence-corrected chi connectivity index (χ0v) is 14.4. The fourth-order valence-electron chi connectivity index (χ4n) is 2.25. The molecule has 1 heterocycles. The average molecular weight is 370 g/mol. The van der Waals surface area contributed by atoms with E-state index in [1.807, 2.05) is 5.32 Å². The Balaban J connectivity index is 1.97. The number of rotatable bonds is 5. The summed E-state index contributed by atoms with van der Waals surface area (Å²) in [6, 6.07) is 5.93. The van der Waals surface area contributed by atoms with Crippen LogP contribution in [0.25, 0.3) is 0 Å². The average Bonchev–Trinajstić information content (AvgIpc) is 2.92. The summed E-state index contributed by atoms with van der Waals surface area (Å²) in [5.74, 6) is -1.57. The third kappa shape index (κ3) is 4.92. The second kappa shape index (κ2) is 7.97. The summed E-state index contributed by atoms with van der Waals surface area (Å²) in [4.78, 5) is 34.5. The van der Waals surface area contributed by atoms with Crippen molar-refractivity contribution in [2.75, 3.05) is 29.8 Å². The number of imide groups is 1. The maximum absolute atomic E-state index is 12.0. The molecule has 0 radical (unpaired) electrons. The molecule has 0 spiro atoms. The van der Waals surface area contributed by atoms with Gasteiger partial charge in [0.25, 0.3) is 5.91 Å². The zero-order chi connectivity index (χ0) is 18.4. The maximum Gasteiger partial charge on any atom is 0.413 e. The summed E-state index contributed by atoms with van der Waals surface area (Å²) in [7, 11) is -3.36. The fourth-order valence-corrected chi connectivity index (χ4v) is 3.81. The third-order valence-electron chi connectivity index (χ3n) is 3.32. The highest BCUT2D eigenvalue weighted by Gasteiger charge is 2.28. The summed E-state index contributed by atoms with van der Waals surface area (Å²) in [5.41, 5.74) is 0.464. The van der Waals surface area contributed by atoms with Gasteiger partial charge < -0.3 is 9.47 Å². The Morgan fingerprint density at radius 1 is 1.24 bits per heavy atom. The number of nitrogens with zero attached hydrogens (tertiary/aromatic N) is 1. The van der Waals surface area contributed by atoms with E-state index in [1.165, 1.54) is 22.5 Å². The molecular weight excluding hydrogens is 352 g/mol. The van der Waals surface area contributed by atoms with Crippen molar-refractivity contribution < 1.29 is 32.3 Å². The summed E-state index contributed by atoms with van der Waals surface area (Å²) in [6.07, 6.45) is -0.407. The number of anilines is 1. The first-order valence-electron chi connectivity index (χ1n) is 7.57. The van der Waals surface area contributed by atoms with Gasteiger partial charge in [-0.1, -0.05) is 6.07 Å². The van der Waals surface area contributed by atoms with Gasteiger partial charge in [0.15, 0.2) is 6.61 Å². The first-order chi connectivity index (χ1) is 11.8. The quantitative estimate of drug-likeness (QED) is 0.756. The van der Waals surface area contributed by atoms with Crippen LogP contribution < -0.4 is 9.62 Å². The minimum Gasteiger partial charge on any atom is -0.452 e. The van der Waals surface area contributed by atoms with Crippen LogP contribution in [0, 0.1) is 0 Å². The van der Waals surface area contributed by atoms with Crippen LogP contribution in [0.15, 0.2) is 24.3 Å². The van der Waals surface area contributed by atoms with Gasteiger partial charge in [0.05, 0.1) is 23.6 Å². The Labute approximate surface area is 144 Å². The Morgan fingerprint density at radius 3 is 2.64 bits per heavy atom. The summed E-state index contributed by atoms with van der Waals surface area (Å²) >= 11 is 0. The zero-order valence-electron chi connectivity index (χ0n) is 13.6. The highest BCUT2D eigenvalue weighted by atomic mass is 32.2. The molecule has 0 aromatic heterocycles. The molecule has 0 saturated carbocycles. The van der Waals surface area contributed by atoms with Crippen LogP contribution in [0.4, 0.5) is 10.5 Å². The first-order valence-corrected chi connectivity index (χ1v) is 9.18. The van der Waals surface area contributed by atoms with E-state index >= 15 is 0 Å². The predicted octanol–water partition coefficient (Wildman–Crippen LogP) is 0.656. The topological polar surface area (TPSA) is 119 Å². The van der Waals surface area contributed by atoms with E-state index in [1.54, 1.807) is 13.0 Å². The van der Waals surface area contributed by atoms with Crippen molar-refractivity contribution >= 4 is 33.7 Å². The number of hydrogen-bond acceptors (Lipinski definition) is 7. The highest BCUT2D eigenvalue weighted by molar-refractivity contribution is 7.93. The molecular formula is C15H18N2O7S. The number of amides is 2. The summed E-state index contributed by atoms with van der Waals surface area (Å²) < 4.78 is 34.4. The Hall–Kier alpha value is -2.62. The second-order valence-electron chi connectivity index (χ2n) is 5.14. The van der Waals surface area contributed by atoms with Crippen molar-refractivity contribution in [1.82, 2.24) is 5.32 Å². The van der Waals surface area contributed by atoms with Gasteiger partial charge in [0, 0.05) is 6.54 Å².